The Morgan fingerprint density at radius 2 is 2.16 bits per heavy atom. The lowest BCUT2D eigenvalue weighted by atomic mass is 9.83. The third kappa shape index (κ3) is 6.37. The van der Waals surface area contributed by atoms with Crippen molar-refractivity contribution >= 4 is 13.9 Å². The molecule has 2 nitrogen and oxygen atoms in total. The van der Waals surface area contributed by atoms with E-state index in [2.05, 4.69) is 32.0 Å². The first-order chi connectivity index (χ1) is 8.81. The van der Waals surface area contributed by atoms with E-state index in [1.54, 1.807) is 0 Å². The molecule has 1 aliphatic rings. The zero-order chi connectivity index (χ0) is 14.5. The number of rotatable bonds is 6. The lowest BCUT2D eigenvalue weighted by Gasteiger charge is -2.24. The fraction of sp³-hybridized carbons (Fsp3) is 0.750. The number of carbonyl (C=O) groups excluding carboxylic acids is 1. The number of ketones is 1. The Morgan fingerprint density at radius 3 is 2.68 bits per heavy atom. The minimum absolute atomic E-state index is 0.0849. The van der Waals surface area contributed by atoms with E-state index in [0.717, 1.165) is 30.9 Å². The van der Waals surface area contributed by atoms with Gasteiger partial charge in [0.05, 0.1) is 6.10 Å². The maximum atomic E-state index is 11.8. The van der Waals surface area contributed by atoms with Crippen LogP contribution in [0.5, 0.6) is 0 Å². The predicted octanol–water partition coefficient (Wildman–Crippen LogP) is 3.94. The maximum Gasteiger partial charge on any atom is 0.136 e. The van der Waals surface area contributed by atoms with E-state index in [1.807, 2.05) is 0 Å². The summed E-state index contributed by atoms with van der Waals surface area (Å²) in [6.45, 7) is 10.7. The van der Waals surface area contributed by atoms with Crippen molar-refractivity contribution in [3.05, 3.63) is 17.9 Å². The molecule has 0 aliphatic heterocycles. The Bertz CT molecular complexity index is 361. The van der Waals surface area contributed by atoms with Crippen molar-refractivity contribution in [2.45, 2.75) is 70.3 Å². The molecular formula is C16H28O2Si. The summed E-state index contributed by atoms with van der Waals surface area (Å²) in [6.07, 6.45) is 4.66. The van der Waals surface area contributed by atoms with Gasteiger partial charge in [-0.2, -0.15) is 0 Å². The molecule has 0 spiro atoms. The van der Waals surface area contributed by atoms with Crippen molar-refractivity contribution in [1.29, 1.82) is 0 Å². The number of Topliss-reactive ketones (excluding diaryl/α,β-unsaturated/α-hetero) is 1. The number of aliphatic hydroxyl groups is 1. The lowest BCUT2D eigenvalue weighted by molar-refractivity contribution is -0.125. The highest BCUT2D eigenvalue weighted by Crippen LogP contribution is 2.27. The van der Waals surface area contributed by atoms with Crippen molar-refractivity contribution in [2.24, 2.45) is 5.92 Å². The molecule has 1 aliphatic carbocycles. The quantitative estimate of drug-likeness (QED) is 0.591. The molecule has 108 valence electrons. The van der Waals surface area contributed by atoms with Gasteiger partial charge in [0.1, 0.15) is 5.78 Å². The monoisotopic (exact) mass is 280 g/mol. The summed E-state index contributed by atoms with van der Waals surface area (Å²) in [7, 11) is -1.19. The summed E-state index contributed by atoms with van der Waals surface area (Å²) in [5, 5.41) is 10.2. The van der Waals surface area contributed by atoms with E-state index in [0.29, 0.717) is 25.0 Å². The topological polar surface area (TPSA) is 37.3 Å². The standard InChI is InChI=1S/C16H28O2Si/c1-5-13(12-19(2,3)4)10-15(17)11-14-8-6-7-9-16(14)18/h14-15,17H,1,6-12H2,2-4H3. The molecular weight excluding hydrogens is 252 g/mol. The summed E-state index contributed by atoms with van der Waals surface area (Å²) in [4.78, 5) is 11.8. The van der Waals surface area contributed by atoms with Gasteiger partial charge in [-0.25, -0.2) is 0 Å². The van der Waals surface area contributed by atoms with E-state index in [1.165, 1.54) is 0 Å². The average molecular weight is 280 g/mol. The van der Waals surface area contributed by atoms with E-state index < -0.39 is 14.2 Å². The highest BCUT2D eigenvalue weighted by Gasteiger charge is 2.25. The molecule has 0 saturated heterocycles. The van der Waals surface area contributed by atoms with Crippen molar-refractivity contribution in [2.75, 3.05) is 0 Å². The average Bonchev–Trinajstić information content (AvgIpc) is 2.29. The van der Waals surface area contributed by atoms with Gasteiger partial charge in [-0.3, -0.25) is 4.79 Å². The first-order valence-corrected chi connectivity index (χ1v) is 11.1. The van der Waals surface area contributed by atoms with Crippen LogP contribution in [0.25, 0.3) is 0 Å². The van der Waals surface area contributed by atoms with Crippen LogP contribution in [0.1, 0.15) is 38.5 Å². The van der Waals surface area contributed by atoms with Crippen LogP contribution in [0.15, 0.2) is 17.9 Å². The fourth-order valence-corrected chi connectivity index (χ4v) is 4.40. The Balaban J connectivity index is 2.47. The summed E-state index contributed by atoms with van der Waals surface area (Å²) >= 11 is 0. The number of hydrogen-bond donors (Lipinski definition) is 1. The minimum atomic E-state index is -1.19. The Kier molecular flexibility index (Phi) is 6.25. The zero-order valence-electron chi connectivity index (χ0n) is 12.7. The lowest BCUT2D eigenvalue weighted by Crippen LogP contribution is -2.25. The molecule has 2 unspecified atom stereocenters. The minimum Gasteiger partial charge on any atom is -0.393 e. The molecule has 1 saturated carbocycles. The second-order valence-electron chi connectivity index (χ2n) is 7.02. The number of aliphatic hydroxyl groups excluding tert-OH is 1. The van der Waals surface area contributed by atoms with Crippen LogP contribution in [0.4, 0.5) is 0 Å². The van der Waals surface area contributed by atoms with Gasteiger partial charge in [0, 0.05) is 26.8 Å². The van der Waals surface area contributed by atoms with Crippen molar-refractivity contribution in [3.63, 3.8) is 0 Å². The molecule has 0 aromatic rings. The third-order valence-electron chi connectivity index (χ3n) is 3.71. The van der Waals surface area contributed by atoms with Gasteiger partial charge >= 0.3 is 0 Å². The molecule has 0 radical (unpaired) electrons. The first kappa shape index (κ1) is 16.4. The molecule has 1 fully saturated rings. The smallest absolute Gasteiger partial charge is 0.136 e. The van der Waals surface area contributed by atoms with Crippen molar-refractivity contribution in [3.8, 4) is 0 Å². The molecule has 2 atom stereocenters. The molecule has 0 aromatic heterocycles. The highest BCUT2D eigenvalue weighted by atomic mass is 28.3. The Labute approximate surface area is 118 Å². The van der Waals surface area contributed by atoms with Gasteiger partial charge < -0.3 is 5.11 Å². The van der Waals surface area contributed by atoms with Gasteiger partial charge in [-0.05, 0) is 30.9 Å². The van der Waals surface area contributed by atoms with Crippen LogP contribution in [0.2, 0.25) is 25.7 Å². The summed E-state index contributed by atoms with van der Waals surface area (Å²) in [5.74, 6) is 0.432. The largest absolute Gasteiger partial charge is 0.393 e. The molecule has 0 aromatic carbocycles. The van der Waals surface area contributed by atoms with Crippen LogP contribution in [-0.4, -0.2) is 25.1 Å². The Morgan fingerprint density at radius 1 is 1.47 bits per heavy atom. The van der Waals surface area contributed by atoms with Gasteiger partial charge in [0.25, 0.3) is 0 Å². The molecule has 0 bridgehead atoms. The molecule has 3 heteroatoms. The van der Waals surface area contributed by atoms with Gasteiger partial charge in [0.15, 0.2) is 0 Å². The second kappa shape index (κ2) is 7.23. The maximum absolute atomic E-state index is 11.8. The predicted molar refractivity (Wildman–Crippen MR) is 83.0 cm³/mol. The van der Waals surface area contributed by atoms with Crippen LogP contribution in [0.3, 0.4) is 0 Å². The van der Waals surface area contributed by atoms with Gasteiger partial charge in [0.2, 0.25) is 0 Å². The summed E-state index contributed by atoms with van der Waals surface area (Å²) < 4.78 is 0. The zero-order valence-corrected chi connectivity index (χ0v) is 13.7. The third-order valence-corrected chi connectivity index (χ3v) is 5.20. The molecule has 0 amide bonds. The van der Waals surface area contributed by atoms with Crippen molar-refractivity contribution in [1.82, 2.24) is 0 Å². The molecule has 19 heavy (non-hydrogen) atoms. The molecule has 0 heterocycles. The van der Waals surface area contributed by atoms with Crippen LogP contribution in [0, 0.1) is 5.92 Å². The fourth-order valence-electron chi connectivity index (χ4n) is 2.85. The van der Waals surface area contributed by atoms with E-state index in [-0.39, 0.29) is 5.92 Å². The molecule has 1 N–H and O–H groups in total. The van der Waals surface area contributed by atoms with Crippen molar-refractivity contribution < 1.29 is 9.90 Å². The summed E-state index contributed by atoms with van der Waals surface area (Å²) in [6, 6.07) is 1.03. The molecule has 1 rings (SSSR count). The van der Waals surface area contributed by atoms with E-state index in [4.69, 9.17) is 0 Å². The van der Waals surface area contributed by atoms with Gasteiger partial charge in [-0.1, -0.05) is 32.6 Å². The number of hydrogen-bond acceptors (Lipinski definition) is 2. The summed E-state index contributed by atoms with van der Waals surface area (Å²) in [5.41, 5.74) is 4.13. The highest BCUT2D eigenvalue weighted by molar-refractivity contribution is 6.76. The Hall–Kier alpha value is -0.633. The van der Waals surface area contributed by atoms with Crippen LogP contribution < -0.4 is 0 Å². The normalized spacial score (nSPS) is 21.9. The van der Waals surface area contributed by atoms with E-state index in [9.17, 15) is 9.90 Å². The second-order valence-corrected chi connectivity index (χ2v) is 12.5. The number of carbonyl (C=O) groups is 1. The SMILES string of the molecule is C=C=C(CC(O)CC1CCCCC1=O)C[Si](C)(C)C. The van der Waals surface area contributed by atoms with Crippen LogP contribution >= 0.6 is 0 Å². The van der Waals surface area contributed by atoms with Crippen LogP contribution in [-0.2, 0) is 4.79 Å². The first-order valence-electron chi connectivity index (χ1n) is 7.40. The van der Waals surface area contributed by atoms with E-state index >= 15 is 0 Å². The van der Waals surface area contributed by atoms with Gasteiger partial charge in [-0.15, -0.1) is 5.73 Å².